The minimum atomic E-state index is -0.108. The van der Waals surface area contributed by atoms with Crippen molar-refractivity contribution in [2.24, 2.45) is 17.8 Å². The zero-order valence-corrected chi connectivity index (χ0v) is 14.0. The van der Waals surface area contributed by atoms with E-state index < -0.39 is 0 Å². The van der Waals surface area contributed by atoms with E-state index in [0.717, 1.165) is 22.7 Å². The maximum atomic E-state index is 12.6. The van der Waals surface area contributed by atoms with E-state index in [2.05, 4.69) is 17.2 Å². The molecule has 2 fully saturated rings. The first-order valence-electron chi connectivity index (χ1n) is 8.48. The minimum absolute atomic E-state index is 0.108. The summed E-state index contributed by atoms with van der Waals surface area (Å²) in [7, 11) is 0. The number of fused-ring (bicyclic) bond motifs is 3. The van der Waals surface area contributed by atoms with Gasteiger partial charge in [-0.05, 0) is 56.1 Å². The number of benzene rings is 1. The Morgan fingerprint density at radius 3 is 2.87 bits per heavy atom. The summed E-state index contributed by atoms with van der Waals surface area (Å²) >= 11 is 6.23. The molecule has 0 spiro atoms. The Labute approximate surface area is 141 Å². The Balaban J connectivity index is 1.53. The molecule has 120 valence electrons. The fourth-order valence-corrected chi connectivity index (χ4v) is 4.78. The van der Waals surface area contributed by atoms with Crippen molar-refractivity contribution in [3.8, 4) is 0 Å². The van der Waals surface area contributed by atoms with E-state index in [-0.39, 0.29) is 17.1 Å². The molecule has 3 nitrogen and oxygen atoms in total. The highest BCUT2D eigenvalue weighted by atomic mass is 35.5. The molecular formula is C19H21ClN2O. The van der Waals surface area contributed by atoms with Gasteiger partial charge in [-0.3, -0.25) is 4.79 Å². The number of para-hydroxylation sites is 1. The number of hydrogen-bond donors (Lipinski definition) is 1. The molecule has 0 aliphatic heterocycles. The lowest BCUT2D eigenvalue weighted by Crippen LogP contribution is -2.40. The molecule has 1 aromatic heterocycles. The first-order valence-corrected chi connectivity index (χ1v) is 8.86. The zero-order valence-electron chi connectivity index (χ0n) is 13.3. The maximum Gasteiger partial charge on any atom is 0.254 e. The van der Waals surface area contributed by atoms with Crippen molar-refractivity contribution < 1.29 is 4.79 Å². The first-order chi connectivity index (χ1) is 11.1. The molecule has 0 radical (unpaired) electrons. The zero-order chi connectivity index (χ0) is 16.0. The molecule has 1 aromatic carbocycles. The van der Waals surface area contributed by atoms with Gasteiger partial charge in [0.05, 0.1) is 11.1 Å². The Morgan fingerprint density at radius 2 is 2.13 bits per heavy atom. The number of carbonyl (C=O) groups excluding carboxylic acids is 1. The SMILES string of the molecule is CC(NC(=O)c1cc2ccccc2nc1Cl)C1CC2CCC1C2. The molecule has 1 amide bonds. The van der Waals surface area contributed by atoms with Gasteiger partial charge in [-0.15, -0.1) is 0 Å². The fraction of sp³-hybridized carbons (Fsp3) is 0.474. The minimum Gasteiger partial charge on any atom is -0.349 e. The van der Waals surface area contributed by atoms with Crippen LogP contribution in [-0.4, -0.2) is 16.9 Å². The lowest BCUT2D eigenvalue weighted by Gasteiger charge is -2.28. The van der Waals surface area contributed by atoms with Crippen molar-refractivity contribution in [3.63, 3.8) is 0 Å². The average molecular weight is 329 g/mol. The number of aromatic nitrogens is 1. The smallest absolute Gasteiger partial charge is 0.254 e. The second-order valence-corrected chi connectivity index (χ2v) is 7.48. The molecule has 4 heteroatoms. The number of hydrogen-bond acceptors (Lipinski definition) is 2. The van der Waals surface area contributed by atoms with Crippen molar-refractivity contribution in [1.29, 1.82) is 0 Å². The van der Waals surface area contributed by atoms with E-state index in [0.29, 0.717) is 11.5 Å². The van der Waals surface area contributed by atoms with E-state index in [1.807, 2.05) is 30.3 Å². The Bertz CT molecular complexity index is 760. The molecule has 2 aliphatic rings. The fourth-order valence-electron chi connectivity index (χ4n) is 4.55. The van der Waals surface area contributed by atoms with Crippen molar-refractivity contribution in [3.05, 3.63) is 41.0 Å². The summed E-state index contributed by atoms with van der Waals surface area (Å²) in [6, 6.07) is 9.75. The van der Waals surface area contributed by atoms with Crippen LogP contribution in [0.15, 0.2) is 30.3 Å². The van der Waals surface area contributed by atoms with Gasteiger partial charge in [0.2, 0.25) is 0 Å². The number of pyridine rings is 1. The van der Waals surface area contributed by atoms with Crippen LogP contribution < -0.4 is 5.32 Å². The van der Waals surface area contributed by atoms with Crippen LogP contribution in [0.2, 0.25) is 5.15 Å². The molecule has 4 unspecified atom stereocenters. The number of nitrogens with one attached hydrogen (secondary N) is 1. The highest BCUT2D eigenvalue weighted by molar-refractivity contribution is 6.33. The molecule has 4 rings (SSSR count). The maximum absolute atomic E-state index is 12.6. The molecule has 1 N–H and O–H groups in total. The van der Waals surface area contributed by atoms with Crippen LogP contribution in [0.5, 0.6) is 0 Å². The normalized spacial score (nSPS) is 27.3. The van der Waals surface area contributed by atoms with Gasteiger partial charge in [0.15, 0.2) is 0 Å². The number of halogens is 1. The van der Waals surface area contributed by atoms with Crippen molar-refractivity contribution in [2.75, 3.05) is 0 Å². The lowest BCUT2D eigenvalue weighted by atomic mass is 9.84. The van der Waals surface area contributed by atoms with Gasteiger partial charge in [-0.2, -0.15) is 0 Å². The molecule has 2 aliphatic carbocycles. The van der Waals surface area contributed by atoms with Gasteiger partial charge >= 0.3 is 0 Å². The second-order valence-electron chi connectivity index (χ2n) is 7.12. The molecule has 2 bridgehead atoms. The molecule has 23 heavy (non-hydrogen) atoms. The lowest BCUT2D eigenvalue weighted by molar-refractivity contribution is 0.0915. The summed E-state index contributed by atoms with van der Waals surface area (Å²) in [4.78, 5) is 17.0. The summed E-state index contributed by atoms with van der Waals surface area (Å²) < 4.78 is 0. The Hall–Kier alpha value is -1.61. The standard InChI is InChI=1S/C19H21ClN2O/c1-11(15-9-12-6-7-13(15)8-12)21-19(23)16-10-14-4-2-3-5-17(14)22-18(16)20/h2-5,10-13,15H,6-9H2,1H3,(H,21,23). The monoisotopic (exact) mass is 328 g/mol. The van der Waals surface area contributed by atoms with E-state index >= 15 is 0 Å². The van der Waals surface area contributed by atoms with Gasteiger partial charge in [0.1, 0.15) is 5.15 Å². The van der Waals surface area contributed by atoms with Crippen molar-refractivity contribution in [1.82, 2.24) is 10.3 Å². The van der Waals surface area contributed by atoms with Crippen molar-refractivity contribution in [2.45, 2.75) is 38.6 Å². The van der Waals surface area contributed by atoms with Crippen LogP contribution in [0.1, 0.15) is 43.0 Å². The molecular weight excluding hydrogens is 308 g/mol. The highest BCUT2D eigenvalue weighted by Gasteiger charge is 2.42. The summed E-state index contributed by atoms with van der Waals surface area (Å²) in [5, 5.41) is 4.38. The van der Waals surface area contributed by atoms with E-state index in [4.69, 9.17) is 11.6 Å². The quantitative estimate of drug-likeness (QED) is 0.846. The molecule has 0 saturated heterocycles. The van der Waals surface area contributed by atoms with Gasteiger partial charge in [0, 0.05) is 11.4 Å². The molecule has 1 heterocycles. The second kappa shape index (κ2) is 5.79. The van der Waals surface area contributed by atoms with Crippen LogP contribution >= 0.6 is 11.6 Å². The van der Waals surface area contributed by atoms with Crippen LogP contribution in [0.25, 0.3) is 10.9 Å². The predicted octanol–water partition coefficient (Wildman–Crippen LogP) is 4.44. The number of amides is 1. The van der Waals surface area contributed by atoms with Gasteiger partial charge in [0.25, 0.3) is 5.91 Å². The first kappa shape index (κ1) is 14.9. The van der Waals surface area contributed by atoms with Crippen LogP contribution in [0.4, 0.5) is 0 Å². The van der Waals surface area contributed by atoms with Gasteiger partial charge in [-0.25, -0.2) is 4.98 Å². The third-order valence-corrected chi connectivity index (χ3v) is 6.00. The average Bonchev–Trinajstić information content (AvgIpc) is 3.17. The van der Waals surface area contributed by atoms with E-state index in [9.17, 15) is 4.79 Å². The van der Waals surface area contributed by atoms with Crippen LogP contribution in [-0.2, 0) is 0 Å². The van der Waals surface area contributed by atoms with Gasteiger partial charge in [-0.1, -0.05) is 36.2 Å². The Morgan fingerprint density at radius 1 is 1.30 bits per heavy atom. The summed E-state index contributed by atoms with van der Waals surface area (Å²) in [5.41, 5.74) is 1.29. The third-order valence-electron chi connectivity index (χ3n) is 5.72. The van der Waals surface area contributed by atoms with Crippen LogP contribution in [0.3, 0.4) is 0 Å². The van der Waals surface area contributed by atoms with E-state index in [1.54, 1.807) is 0 Å². The number of carbonyl (C=O) groups is 1. The Kier molecular flexibility index (Phi) is 3.76. The molecule has 2 saturated carbocycles. The summed E-state index contributed by atoms with van der Waals surface area (Å²) in [5.74, 6) is 2.18. The molecule has 4 atom stereocenters. The topological polar surface area (TPSA) is 42.0 Å². The van der Waals surface area contributed by atoms with E-state index in [1.165, 1.54) is 25.7 Å². The summed E-state index contributed by atoms with van der Waals surface area (Å²) in [6.45, 7) is 2.13. The summed E-state index contributed by atoms with van der Waals surface area (Å²) in [6.07, 6.45) is 5.31. The largest absolute Gasteiger partial charge is 0.349 e. The van der Waals surface area contributed by atoms with Crippen LogP contribution in [0, 0.1) is 17.8 Å². The number of nitrogens with zero attached hydrogens (tertiary/aromatic N) is 1. The highest BCUT2D eigenvalue weighted by Crippen LogP contribution is 2.49. The predicted molar refractivity (Wildman–Crippen MR) is 92.6 cm³/mol. The number of rotatable bonds is 3. The van der Waals surface area contributed by atoms with Gasteiger partial charge < -0.3 is 5.32 Å². The third kappa shape index (κ3) is 2.72. The molecule has 2 aromatic rings. The van der Waals surface area contributed by atoms with Crippen molar-refractivity contribution >= 4 is 28.4 Å².